The van der Waals surface area contributed by atoms with Crippen molar-refractivity contribution in [1.29, 1.82) is 0 Å². The Morgan fingerprint density at radius 2 is 1.39 bits per heavy atom. The van der Waals surface area contributed by atoms with Crippen LogP contribution in [-0.4, -0.2) is 28.0 Å². The maximum Gasteiger partial charge on any atom is 0.105 e. The van der Waals surface area contributed by atoms with E-state index in [2.05, 4.69) is 80.2 Å². The summed E-state index contributed by atoms with van der Waals surface area (Å²) in [5.41, 5.74) is 1.41. The van der Waals surface area contributed by atoms with Crippen molar-refractivity contribution in [3.8, 4) is 0 Å². The van der Waals surface area contributed by atoms with E-state index in [9.17, 15) is 0 Å². The lowest BCUT2D eigenvalue weighted by molar-refractivity contribution is 0.105. The molecule has 1 aromatic carbocycles. The lowest BCUT2D eigenvalue weighted by Crippen LogP contribution is -2.45. The maximum absolute atomic E-state index is 2.45. The summed E-state index contributed by atoms with van der Waals surface area (Å²) in [4.78, 5) is 4.90. The summed E-state index contributed by atoms with van der Waals surface area (Å²) >= 11 is 0. The summed E-state index contributed by atoms with van der Waals surface area (Å²) in [6.07, 6.45) is 5.99. The second-order valence-corrected chi connectivity index (χ2v) is 5.55. The fraction of sp³-hybridized carbons (Fsp3) is 0.500. The second kappa shape index (κ2) is 5.47. The number of nitrogens with zero attached hydrogens (tertiary/aromatic N) is 2. The van der Waals surface area contributed by atoms with Gasteiger partial charge in [0.25, 0.3) is 0 Å². The number of rotatable bonds is 4. The molecule has 0 saturated carbocycles. The van der Waals surface area contributed by atoms with Gasteiger partial charge in [0.05, 0.1) is 0 Å². The summed E-state index contributed by atoms with van der Waals surface area (Å²) < 4.78 is 0. The Kier molecular flexibility index (Phi) is 3.95. The molecule has 0 spiro atoms. The van der Waals surface area contributed by atoms with E-state index >= 15 is 0 Å². The predicted octanol–water partition coefficient (Wildman–Crippen LogP) is 3.46. The van der Waals surface area contributed by atoms with Crippen LogP contribution in [0.2, 0.25) is 0 Å². The monoisotopic (exact) mass is 244 g/mol. The van der Waals surface area contributed by atoms with Gasteiger partial charge in [0, 0.05) is 30.9 Å². The summed E-state index contributed by atoms with van der Waals surface area (Å²) in [5, 5.41) is 0. The van der Waals surface area contributed by atoms with E-state index in [0.717, 1.165) is 6.42 Å². The lowest BCUT2D eigenvalue weighted by Gasteiger charge is -2.37. The Bertz CT molecular complexity index is 377. The van der Waals surface area contributed by atoms with Crippen molar-refractivity contribution in [1.82, 2.24) is 9.80 Å². The van der Waals surface area contributed by atoms with Gasteiger partial charge in [0.2, 0.25) is 0 Å². The van der Waals surface area contributed by atoms with Crippen LogP contribution in [-0.2, 0) is 6.42 Å². The quantitative estimate of drug-likeness (QED) is 0.800. The molecule has 98 valence electrons. The highest BCUT2D eigenvalue weighted by atomic mass is 15.4. The van der Waals surface area contributed by atoms with Gasteiger partial charge in [-0.1, -0.05) is 30.3 Å². The van der Waals surface area contributed by atoms with Gasteiger partial charge in [0.15, 0.2) is 0 Å². The molecule has 1 aliphatic heterocycles. The standard InChI is InChI=1S/C16H24N2/c1-13(2)17-10-11-18(14(3)4)16(17)12-15-8-6-5-7-9-15/h5-11,13-14,16H,12H2,1-4H3. The molecule has 2 nitrogen and oxygen atoms in total. The van der Waals surface area contributed by atoms with Gasteiger partial charge in [0.1, 0.15) is 6.17 Å². The highest BCUT2D eigenvalue weighted by molar-refractivity contribution is 5.17. The Morgan fingerprint density at radius 1 is 0.889 bits per heavy atom. The zero-order valence-corrected chi connectivity index (χ0v) is 11.9. The van der Waals surface area contributed by atoms with Crippen LogP contribution < -0.4 is 0 Å². The van der Waals surface area contributed by atoms with Crippen LogP contribution in [0.25, 0.3) is 0 Å². The van der Waals surface area contributed by atoms with E-state index in [1.807, 2.05) is 0 Å². The van der Waals surface area contributed by atoms with Gasteiger partial charge in [-0.05, 0) is 33.3 Å². The minimum Gasteiger partial charge on any atom is -0.353 e. The average molecular weight is 244 g/mol. The third kappa shape index (κ3) is 2.69. The van der Waals surface area contributed by atoms with Crippen molar-refractivity contribution in [2.24, 2.45) is 0 Å². The molecule has 1 aromatic rings. The highest BCUT2D eigenvalue weighted by Gasteiger charge is 2.29. The molecule has 0 radical (unpaired) electrons. The first-order valence-corrected chi connectivity index (χ1v) is 6.86. The molecule has 0 atom stereocenters. The maximum atomic E-state index is 2.45. The minimum atomic E-state index is 0.451. The van der Waals surface area contributed by atoms with Crippen molar-refractivity contribution in [2.75, 3.05) is 0 Å². The molecule has 0 unspecified atom stereocenters. The van der Waals surface area contributed by atoms with E-state index in [1.165, 1.54) is 5.56 Å². The van der Waals surface area contributed by atoms with Crippen molar-refractivity contribution in [3.63, 3.8) is 0 Å². The third-order valence-corrected chi connectivity index (χ3v) is 3.55. The van der Waals surface area contributed by atoms with Crippen LogP contribution in [0.3, 0.4) is 0 Å². The van der Waals surface area contributed by atoms with Crippen LogP contribution in [0.5, 0.6) is 0 Å². The van der Waals surface area contributed by atoms with Crippen molar-refractivity contribution in [3.05, 3.63) is 48.3 Å². The van der Waals surface area contributed by atoms with E-state index < -0.39 is 0 Å². The first-order valence-electron chi connectivity index (χ1n) is 6.86. The van der Waals surface area contributed by atoms with Crippen LogP contribution in [0.1, 0.15) is 33.3 Å². The number of hydrogen-bond donors (Lipinski definition) is 0. The van der Waals surface area contributed by atoms with Gasteiger partial charge < -0.3 is 9.80 Å². The Morgan fingerprint density at radius 3 is 1.83 bits per heavy atom. The fourth-order valence-corrected chi connectivity index (χ4v) is 2.57. The van der Waals surface area contributed by atoms with Crippen molar-refractivity contribution >= 4 is 0 Å². The van der Waals surface area contributed by atoms with Crippen LogP contribution in [0, 0.1) is 0 Å². The molecule has 0 amide bonds. The van der Waals surface area contributed by atoms with Crippen LogP contribution in [0.4, 0.5) is 0 Å². The van der Waals surface area contributed by atoms with E-state index in [-0.39, 0.29) is 0 Å². The normalized spacial score (nSPS) is 16.3. The number of benzene rings is 1. The zero-order chi connectivity index (χ0) is 13.1. The molecule has 1 heterocycles. The molecular weight excluding hydrogens is 220 g/mol. The molecule has 0 aliphatic carbocycles. The first kappa shape index (κ1) is 13.0. The van der Waals surface area contributed by atoms with Crippen molar-refractivity contribution in [2.45, 2.75) is 52.4 Å². The molecule has 0 aromatic heterocycles. The van der Waals surface area contributed by atoms with E-state index in [4.69, 9.17) is 0 Å². The Labute approximate surface area is 111 Å². The van der Waals surface area contributed by atoms with E-state index in [0.29, 0.717) is 18.2 Å². The Balaban J connectivity index is 2.15. The average Bonchev–Trinajstić information content (AvgIpc) is 2.74. The molecule has 0 N–H and O–H groups in total. The lowest BCUT2D eigenvalue weighted by atomic mass is 10.1. The molecule has 2 rings (SSSR count). The largest absolute Gasteiger partial charge is 0.353 e. The molecule has 0 bridgehead atoms. The van der Waals surface area contributed by atoms with Gasteiger partial charge in [-0.15, -0.1) is 0 Å². The molecular formula is C16H24N2. The van der Waals surface area contributed by atoms with Gasteiger partial charge in [-0.3, -0.25) is 0 Å². The van der Waals surface area contributed by atoms with Gasteiger partial charge >= 0.3 is 0 Å². The van der Waals surface area contributed by atoms with Crippen LogP contribution in [0.15, 0.2) is 42.7 Å². The van der Waals surface area contributed by atoms with E-state index in [1.54, 1.807) is 0 Å². The highest BCUT2D eigenvalue weighted by Crippen LogP contribution is 2.24. The fourth-order valence-electron chi connectivity index (χ4n) is 2.57. The first-order chi connectivity index (χ1) is 8.59. The predicted molar refractivity (Wildman–Crippen MR) is 77.0 cm³/mol. The van der Waals surface area contributed by atoms with Gasteiger partial charge in [-0.2, -0.15) is 0 Å². The zero-order valence-electron chi connectivity index (χ0n) is 11.9. The molecule has 18 heavy (non-hydrogen) atoms. The molecule has 0 saturated heterocycles. The molecule has 2 heteroatoms. The van der Waals surface area contributed by atoms with Crippen LogP contribution >= 0.6 is 0 Å². The summed E-state index contributed by atoms with van der Waals surface area (Å²) in [5.74, 6) is 0. The summed E-state index contributed by atoms with van der Waals surface area (Å²) in [6, 6.07) is 11.8. The summed E-state index contributed by atoms with van der Waals surface area (Å²) in [6.45, 7) is 9.02. The second-order valence-electron chi connectivity index (χ2n) is 5.55. The topological polar surface area (TPSA) is 6.48 Å². The smallest absolute Gasteiger partial charge is 0.105 e. The molecule has 1 aliphatic rings. The van der Waals surface area contributed by atoms with Gasteiger partial charge in [-0.25, -0.2) is 0 Å². The van der Waals surface area contributed by atoms with Crippen molar-refractivity contribution < 1.29 is 0 Å². The molecule has 0 fully saturated rings. The number of hydrogen-bond acceptors (Lipinski definition) is 2. The SMILES string of the molecule is CC(C)N1C=CN(C(C)C)C1Cc1ccccc1. The minimum absolute atomic E-state index is 0.451. The Hall–Kier alpha value is -1.44. The summed E-state index contributed by atoms with van der Waals surface area (Å²) in [7, 11) is 0. The third-order valence-electron chi connectivity index (χ3n) is 3.55.